The summed E-state index contributed by atoms with van der Waals surface area (Å²) in [6.07, 6.45) is 3.15. The molecule has 0 fully saturated rings. The summed E-state index contributed by atoms with van der Waals surface area (Å²) in [6, 6.07) is 7.61. The lowest BCUT2D eigenvalue weighted by molar-refractivity contribution is 0.908. The number of halogens is 1. The Hall–Kier alpha value is -2.13. The molecule has 2 aromatic rings. The van der Waals surface area contributed by atoms with Gasteiger partial charge >= 0.3 is 0 Å². The Labute approximate surface area is 126 Å². The molecule has 102 valence electrons. The molecule has 1 aromatic heterocycles. The third kappa shape index (κ3) is 3.06. The number of benzene rings is 1. The fourth-order valence-corrected chi connectivity index (χ4v) is 2.24. The number of nitrogen functional groups attached to an aromatic ring is 1. The zero-order valence-electron chi connectivity index (χ0n) is 11.0. The van der Waals surface area contributed by atoms with E-state index in [1.807, 2.05) is 12.1 Å². The van der Waals surface area contributed by atoms with Gasteiger partial charge < -0.3 is 11.1 Å². The monoisotopic (exact) mass is 331 g/mol. The van der Waals surface area contributed by atoms with Gasteiger partial charge in [-0.25, -0.2) is 9.97 Å². The molecule has 5 nitrogen and oxygen atoms in total. The molecule has 20 heavy (non-hydrogen) atoms. The van der Waals surface area contributed by atoms with Crippen molar-refractivity contribution in [2.45, 2.75) is 19.8 Å². The predicted octanol–water partition coefficient (Wildman–Crippen LogP) is 3.39. The molecule has 0 spiro atoms. The first-order valence-electron chi connectivity index (χ1n) is 6.21. The minimum absolute atomic E-state index is 0.472. The Morgan fingerprint density at radius 2 is 2.20 bits per heavy atom. The van der Waals surface area contributed by atoms with Crippen molar-refractivity contribution in [3.8, 4) is 6.07 Å². The largest absolute Gasteiger partial charge is 0.383 e. The molecular formula is C14H14BrN5. The van der Waals surface area contributed by atoms with Crippen molar-refractivity contribution < 1.29 is 0 Å². The van der Waals surface area contributed by atoms with Gasteiger partial charge in [0, 0.05) is 10.0 Å². The highest BCUT2D eigenvalue weighted by atomic mass is 79.9. The number of nitriles is 1. The van der Waals surface area contributed by atoms with Gasteiger partial charge in [0.1, 0.15) is 24.0 Å². The molecule has 0 amide bonds. The summed E-state index contributed by atoms with van der Waals surface area (Å²) in [5.41, 5.74) is 8.01. The van der Waals surface area contributed by atoms with Crippen molar-refractivity contribution in [3.63, 3.8) is 0 Å². The average Bonchev–Trinajstić information content (AvgIpc) is 2.44. The lowest BCUT2D eigenvalue weighted by Gasteiger charge is -2.12. The Kier molecular flexibility index (Phi) is 4.53. The standard InChI is InChI=1S/C14H14BrN5/c1-2-3-11-13(17)18-8-19-14(11)20-12-5-4-10(15)6-9(12)7-16/h4-6,8H,2-3H2,1H3,(H3,17,18,19,20). The van der Waals surface area contributed by atoms with Gasteiger partial charge in [-0.05, 0) is 24.6 Å². The Morgan fingerprint density at radius 1 is 1.40 bits per heavy atom. The van der Waals surface area contributed by atoms with Gasteiger partial charge in [-0.15, -0.1) is 0 Å². The van der Waals surface area contributed by atoms with E-state index < -0.39 is 0 Å². The van der Waals surface area contributed by atoms with E-state index in [2.05, 4.69) is 44.2 Å². The van der Waals surface area contributed by atoms with Crippen LogP contribution in [0.15, 0.2) is 29.0 Å². The molecule has 1 aromatic carbocycles. The molecule has 2 rings (SSSR count). The molecule has 0 saturated carbocycles. The van der Waals surface area contributed by atoms with E-state index in [4.69, 9.17) is 5.73 Å². The van der Waals surface area contributed by atoms with E-state index in [1.165, 1.54) is 6.33 Å². The van der Waals surface area contributed by atoms with Crippen LogP contribution in [0.5, 0.6) is 0 Å². The van der Waals surface area contributed by atoms with Crippen LogP contribution in [-0.4, -0.2) is 9.97 Å². The van der Waals surface area contributed by atoms with E-state index in [1.54, 1.807) is 6.07 Å². The molecule has 0 aliphatic carbocycles. The number of nitrogens with zero attached hydrogens (tertiary/aromatic N) is 3. The number of rotatable bonds is 4. The van der Waals surface area contributed by atoms with Gasteiger partial charge in [0.05, 0.1) is 11.3 Å². The predicted molar refractivity (Wildman–Crippen MR) is 82.6 cm³/mol. The third-order valence-corrected chi connectivity index (χ3v) is 3.33. The summed E-state index contributed by atoms with van der Waals surface area (Å²) < 4.78 is 0.857. The van der Waals surface area contributed by atoms with E-state index in [0.717, 1.165) is 22.9 Å². The van der Waals surface area contributed by atoms with Crippen LogP contribution in [0, 0.1) is 11.3 Å². The van der Waals surface area contributed by atoms with Crippen molar-refractivity contribution in [2.24, 2.45) is 0 Å². The van der Waals surface area contributed by atoms with Crippen molar-refractivity contribution in [1.29, 1.82) is 5.26 Å². The van der Waals surface area contributed by atoms with Gasteiger partial charge in [0.2, 0.25) is 0 Å². The third-order valence-electron chi connectivity index (χ3n) is 2.83. The second-order valence-corrected chi connectivity index (χ2v) is 5.18. The molecule has 1 heterocycles. The Balaban J connectivity index is 2.40. The van der Waals surface area contributed by atoms with Crippen molar-refractivity contribution in [2.75, 3.05) is 11.1 Å². The zero-order chi connectivity index (χ0) is 14.5. The van der Waals surface area contributed by atoms with Crippen LogP contribution in [0.1, 0.15) is 24.5 Å². The summed E-state index contributed by atoms with van der Waals surface area (Å²) in [5, 5.41) is 12.4. The normalized spacial score (nSPS) is 10.1. The maximum absolute atomic E-state index is 9.18. The summed E-state index contributed by atoms with van der Waals surface area (Å²) in [7, 11) is 0. The fourth-order valence-electron chi connectivity index (χ4n) is 1.88. The second-order valence-electron chi connectivity index (χ2n) is 4.26. The number of nitrogens with two attached hydrogens (primary N) is 1. The number of aromatic nitrogens is 2. The maximum Gasteiger partial charge on any atom is 0.139 e. The Bertz CT molecular complexity index is 663. The lowest BCUT2D eigenvalue weighted by atomic mass is 10.1. The topological polar surface area (TPSA) is 87.6 Å². The summed E-state index contributed by atoms with van der Waals surface area (Å²) in [5.74, 6) is 1.12. The second kappa shape index (κ2) is 6.35. The molecule has 0 radical (unpaired) electrons. The molecule has 0 bridgehead atoms. The lowest BCUT2D eigenvalue weighted by Crippen LogP contribution is -2.06. The number of anilines is 3. The first kappa shape index (κ1) is 14.3. The van der Waals surface area contributed by atoms with E-state index in [9.17, 15) is 5.26 Å². The van der Waals surface area contributed by atoms with Gasteiger partial charge in [0.25, 0.3) is 0 Å². The smallest absolute Gasteiger partial charge is 0.139 e. The molecule has 6 heteroatoms. The van der Waals surface area contributed by atoms with Gasteiger partial charge in [-0.1, -0.05) is 29.3 Å². The number of hydrogen-bond donors (Lipinski definition) is 2. The Morgan fingerprint density at radius 3 is 2.90 bits per heavy atom. The van der Waals surface area contributed by atoms with Gasteiger partial charge in [-0.3, -0.25) is 0 Å². The molecule has 0 saturated heterocycles. The first-order chi connectivity index (χ1) is 9.65. The van der Waals surface area contributed by atoms with Crippen LogP contribution >= 0.6 is 15.9 Å². The van der Waals surface area contributed by atoms with Crippen molar-refractivity contribution >= 4 is 33.3 Å². The summed E-state index contributed by atoms with van der Waals surface area (Å²) in [6.45, 7) is 2.07. The van der Waals surface area contributed by atoms with Crippen LogP contribution in [0.4, 0.5) is 17.3 Å². The fraction of sp³-hybridized carbons (Fsp3) is 0.214. The van der Waals surface area contributed by atoms with Crippen molar-refractivity contribution in [3.05, 3.63) is 40.1 Å². The van der Waals surface area contributed by atoms with E-state index in [-0.39, 0.29) is 0 Å². The summed E-state index contributed by atoms with van der Waals surface area (Å²) >= 11 is 3.35. The van der Waals surface area contributed by atoms with Gasteiger partial charge in [0.15, 0.2) is 0 Å². The first-order valence-corrected chi connectivity index (χ1v) is 7.01. The average molecular weight is 332 g/mol. The molecule has 3 N–H and O–H groups in total. The molecular weight excluding hydrogens is 318 g/mol. The zero-order valence-corrected chi connectivity index (χ0v) is 12.6. The van der Waals surface area contributed by atoms with Crippen molar-refractivity contribution in [1.82, 2.24) is 9.97 Å². The van der Waals surface area contributed by atoms with E-state index >= 15 is 0 Å². The highest BCUT2D eigenvalue weighted by Crippen LogP contribution is 2.26. The molecule has 0 aliphatic heterocycles. The van der Waals surface area contributed by atoms with Crippen LogP contribution in [0.25, 0.3) is 0 Å². The SMILES string of the molecule is CCCc1c(N)ncnc1Nc1ccc(Br)cc1C#N. The van der Waals surface area contributed by atoms with Crippen LogP contribution in [0.3, 0.4) is 0 Å². The summed E-state index contributed by atoms with van der Waals surface area (Å²) in [4.78, 5) is 8.24. The molecule has 0 atom stereocenters. The minimum atomic E-state index is 0.472. The molecule has 0 aliphatic rings. The number of nitrogens with one attached hydrogen (secondary N) is 1. The highest BCUT2D eigenvalue weighted by Gasteiger charge is 2.10. The van der Waals surface area contributed by atoms with Crippen LogP contribution in [0.2, 0.25) is 0 Å². The van der Waals surface area contributed by atoms with Crippen LogP contribution < -0.4 is 11.1 Å². The highest BCUT2D eigenvalue weighted by molar-refractivity contribution is 9.10. The van der Waals surface area contributed by atoms with Gasteiger partial charge in [-0.2, -0.15) is 5.26 Å². The number of hydrogen-bond acceptors (Lipinski definition) is 5. The maximum atomic E-state index is 9.18. The van der Waals surface area contributed by atoms with Crippen LogP contribution in [-0.2, 0) is 6.42 Å². The minimum Gasteiger partial charge on any atom is -0.383 e. The van der Waals surface area contributed by atoms with E-state index in [0.29, 0.717) is 22.9 Å². The molecule has 0 unspecified atom stereocenters. The quantitative estimate of drug-likeness (QED) is 0.896.